The zero-order chi connectivity index (χ0) is 23.2. The SMILES string of the molecule is COC1CCC(C(=O)N2Cc3cccnc3Nc3ccc(N4CC(C(F)(F)F)C4)cc32)CC1. The molecule has 1 saturated heterocycles. The van der Waals surface area contributed by atoms with E-state index >= 15 is 0 Å². The van der Waals surface area contributed by atoms with Crippen LogP contribution in [-0.2, 0) is 16.1 Å². The summed E-state index contributed by atoms with van der Waals surface area (Å²) in [5.74, 6) is -0.689. The van der Waals surface area contributed by atoms with Gasteiger partial charge in [0.1, 0.15) is 5.82 Å². The third-order valence-electron chi connectivity index (χ3n) is 7.08. The lowest BCUT2D eigenvalue weighted by Gasteiger charge is -2.42. The molecule has 0 radical (unpaired) electrons. The Labute approximate surface area is 190 Å². The molecule has 0 bridgehead atoms. The summed E-state index contributed by atoms with van der Waals surface area (Å²) in [5, 5.41) is 3.32. The fraction of sp³-hybridized carbons (Fsp3) is 0.500. The van der Waals surface area contributed by atoms with Crippen molar-refractivity contribution in [2.75, 3.05) is 35.3 Å². The molecule has 176 valence electrons. The van der Waals surface area contributed by atoms with Crippen LogP contribution in [-0.4, -0.2) is 43.4 Å². The normalized spacial score (nSPS) is 23.2. The maximum Gasteiger partial charge on any atom is 0.395 e. The Hall–Kier alpha value is -2.81. The molecule has 33 heavy (non-hydrogen) atoms. The Balaban J connectivity index is 1.45. The lowest BCUT2D eigenvalue weighted by Crippen LogP contribution is -2.53. The lowest BCUT2D eigenvalue weighted by molar-refractivity contribution is -0.180. The molecule has 1 saturated carbocycles. The highest BCUT2D eigenvalue weighted by atomic mass is 19.4. The van der Waals surface area contributed by atoms with Crippen LogP contribution in [0.15, 0.2) is 36.5 Å². The number of anilines is 4. The van der Waals surface area contributed by atoms with Gasteiger partial charge in [-0.05, 0) is 49.9 Å². The van der Waals surface area contributed by atoms with Crippen molar-refractivity contribution in [1.29, 1.82) is 0 Å². The van der Waals surface area contributed by atoms with Crippen LogP contribution in [0.1, 0.15) is 31.2 Å². The van der Waals surface area contributed by atoms with Crippen LogP contribution in [0.4, 0.5) is 36.1 Å². The highest BCUT2D eigenvalue weighted by Gasteiger charge is 2.47. The summed E-state index contributed by atoms with van der Waals surface area (Å²) in [6.45, 7) is 0.236. The van der Waals surface area contributed by atoms with E-state index in [9.17, 15) is 18.0 Å². The molecule has 5 rings (SSSR count). The summed E-state index contributed by atoms with van der Waals surface area (Å²) < 4.78 is 44.4. The molecule has 3 aliphatic rings. The summed E-state index contributed by atoms with van der Waals surface area (Å²) in [7, 11) is 1.70. The van der Waals surface area contributed by atoms with E-state index in [1.807, 2.05) is 24.3 Å². The second kappa shape index (κ2) is 8.52. The Bertz CT molecular complexity index is 1030. The number of halogens is 3. The molecule has 6 nitrogen and oxygen atoms in total. The monoisotopic (exact) mass is 460 g/mol. The number of pyridine rings is 1. The van der Waals surface area contributed by atoms with Gasteiger partial charge in [-0.3, -0.25) is 4.79 Å². The van der Waals surface area contributed by atoms with Crippen LogP contribution in [0.3, 0.4) is 0 Å². The Morgan fingerprint density at radius 2 is 1.91 bits per heavy atom. The predicted molar refractivity (Wildman–Crippen MR) is 120 cm³/mol. The van der Waals surface area contributed by atoms with Gasteiger partial charge >= 0.3 is 6.18 Å². The number of nitrogens with zero attached hydrogens (tertiary/aromatic N) is 3. The van der Waals surface area contributed by atoms with Gasteiger partial charge in [0.25, 0.3) is 0 Å². The molecule has 9 heteroatoms. The van der Waals surface area contributed by atoms with Crippen LogP contribution in [0.5, 0.6) is 0 Å². The van der Waals surface area contributed by atoms with Crippen molar-refractivity contribution in [2.45, 2.75) is 44.5 Å². The topological polar surface area (TPSA) is 57.7 Å². The molecular formula is C24H27F3N4O2. The van der Waals surface area contributed by atoms with E-state index in [0.29, 0.717) is 23.7 Å². The number of aromatic nitrogens is 1. The highest BCUT2D eigenvalue weighted by Crippen LogP contribution is 2.42. The number of benzene rings is 1. The first kappa shape index (κ1) is 22.0. The van der Waals surface area contributed by atoms with Crippen molar-refractivity contribution in [3.63, 3.8) is 0 Å². The smallest absolute Gasteiger partial charge is 0.381 e. The number of carbonyl (C=O) groups excluding carboxylic acids is 1. The molecule has 2 fully saturated rings. The van der Waals surface area contributed by atoms with E-state index in [1.54, 1.807) is 29.2 Å². The van der Waals surface area contributed by atoms with Crippen LogP contribution in [0.25, 0.3) is 0 Å². The Morgan fingerprint density at radius 1 is 1.15 bits per heavy atom. The summed E-state index contributed by atoms with van der Waals surface area (Å²) in [6.07, 6.45) is 0.913. The molecule has 1 aromatic carbocycles. The number of hydrogen-bond acceptors (Lipinski definition) is 5. The summed E-state index contributed by atoms with van der Waals surface area (Å²) in [5.41, 5.74) is 2.99. The molecule has 1 amide bonds. The van der Waals surface area contributed by atoms with E-state index in [2.05, 4.69) is 10.3 Å². The van der Waals surface area contributed by atoms with Crippen molar-refractivity contribution in [1.82, 2.24) is 4.98 Å². The van der Waals surface area contributed by atoms with Gasteiger partial charge in [0.15, 0.2) is 0 Å². The molecule has 1 aromatic heterocycles. The molecule has 1 aliphatic carbocycles. The summed E-state index contributed by atoms with van der Waals surface area (Å²) in [6, 6.07) is 9.25. The fourth-order valence-electron chi connectivity index (χ4n) is 4.97. The number of hydrogen-bond donors (Lipinski definition) is 1. The van der Waals surface area contributed by atoms with Crippen molar-refractivity contribution >= 4 is 28.8 Å². The van der Waals surface area contributed by atoms with Gasteiger partial charge in [-0.15, -0.1) is 0 Å². The fourth-order valence-corrected chi connectivity index (χ4v) is 4.97. The number of rotatable bonds is 3. The third kappa shape index (κ3) is 4.26. The van der Waals surface area contributed by atoms with E-state index in [1.165, 1.54) is 0 Å². The summed E-state index contributed by atoms with van der Waals surface area (Å²) >= 11 is 0. The van der Waals surface area contributed by atoms with Crippen molar-refractivity contribution in [2.24, 2.45) is 11.8 Å². The average Bonchev–Trinajstić information content (AvgIpc) is 2.93. The quantitative estimate of drug-likeness (QED) is 0.708. The number of amides is 1. The van der Waals surface area contributed by atoms with Crippen LogP contribution >= 0.6 is 0 Å². The highest BCUT2D eigenvalue weighted by molar-refractivity contribution is 6.00. The standard InChI is InChI=1S/C24H27F3N4O2/c1-33-19-7-4-15(5-8-19)23(32)31-12-16-3-2-10-28-22(16)29-20-9-6-18(11-21(20)31)30-13-17(14-30)24(25,26)27/h2-3,6,9-11,15,17,19H,4-5,7-8,12-14H2,1H3,(H,28,29). The molecular weight excluding hydrogens is 433 g/mol. The number of methoxy groups -OCH3 is 1. The minimum Gasteiger partial charge on any atom is -0.381 e. The number of nitrogens with one attached hydrogen (secondary N) is 1. The Morgan fingerprint density at radius 3 is 2.61 bits per heavy atom. The maximum atomic E-state index is 13.7. The molecule has 0 atom stereocenters. The van der Waals surface area contributed by atoms with Crippen LogP contribution < -0.4 is 15.1 Å². The minimum atomic E-state index is -4.18. The third-order valence-corrected chi connectivity index (χ3v) is 7.08. The van der Waals surface area contributed by atoms with Gasteiger partial charge in [-0.2, -0.15) is 13.2 Å². The maximum absolute atomic E-state index is 13.7. The zero-order valence-electron chi connectivity index (χ0n) is 18.4. The number of fused-ring (bicyclic) bond motifs is 2. The lowest BCUT2D eigenvalue weighted by atomic mass is 9.86. The second-order valence-electron chi connectivity index (χ2n) is 9.11. The van der Waals surface area contributed by atoms with Crippen molar-refractivity contribution in [3.8, 4) is 0 Å². The number of carbonyl (C=O) groups is 1. The number of alkyl halides is 3. The first-order chi connectivity index (χ1) is 15.8. The number of ether oxygens (including phenoxy) is 1. The van der Waals surface area contributed by atoms with Crippen molar-refractivity contribution in [3.05, 3.63) is 42.1 Å². The minimum absolute atomic E-state index is 0.0400. The molecule has 0 spiro atoms. The molecule has 0 unspecified atom stereocenters. The average molecular weight is 461 g/mol. The van der Waals surface area contributed by atoms with Gasteiger partial charge in [0.2, 0.25) is 5.91 Å². The molecule has 2 aromatic rings. The van der Waals surface area contributed by atoms with Gasteiger partial charge < -0.3 is 19.9 Å². The molecule has 1 N–H and O–H groups in total. The predicted octanol–water partition coefficient (Wildman–Crippen LogP) is 4.88. The zero-order valence-corrected chi connectivity index (χ0v) is 18.4. The van der Waals surface area contributed by atoms with Gasteiger partial charge in [-0.1, -0.05) is 6.07 Å². The molecule has 3 heterocycles. The molecule has 2 aliphatic heterocycles. The van der Waals surface area contributed by atoms with Gasteiger partial charge in [0.05, 0.1) is 29.9 Å². The van der Waals surface area contributed by atoms with Gasteiger partial charge in [-0.25, -0.2) is 4.98 Å². The van der Waals surface area contributed by atoms with Crippen LogP contribution in [0, 0.1) is 11.8 Å². The second-order valence-corrected chi connectivity index (χ2v) is 9.11. The van der Waals surface area contributed by atoms with E-state index < -0.39 is 12.1 Å². The van der Waals surface area contributed by atoms with E-state index in [4.69, 9.17) is 4.74 Å². The first-order valence-corrected chi connectivity index (χ1v) is 11.3. The largest absolute Gasteiger partial charge is 0.395 e. The van der Waals surface area contributed by atoms with Gasteiger partial charge in [0, 0.05) is 43.6 Å². The first-order valence-electron chi connectivity index (χ1n) is 11.3. The van der Waals surface area contributed by atoms with Crippen molar-refractivity contribution < 1.29 is 22.7 Å². The van der Waals surface area contributed by atoms with Crippen LogP contribution in [0.2, 0.25) is 0 Å². The van der Waals surface area contributed by atoms with E-state index in [0.717, 1.165) is 36.9 Å². The Kier molecular flexibility index (Phi) is 5.68. The summed E-state index contributed by atoms with van der Waals surface area (Å²) in [4.78, 5) is 21.6. The van der Waals surface area contributed by atoms with E-state index in [-0.39, 0.29) is 31.0 Å².